The Morgan fingerprint density at radius 3 is 2.61 bits per heavy atom. The summed E-state index contributed by atoms with van der Waals surface area (Å²) >= 11 is 7.78. The number of aromatic nitrogens is 1. The van der Waals surface area contributed by atoms with Crippen molar-refractivity contribution in [2.45, 2.75) is 20.8 Å². The average molecular weight is 459 g/mol. The fraction of sp³-hybridized carbons (Fsp3) is 0.227. The third-order valence-electron chi connectivity index (χ3n) is 4.00. The van der Waals surface area contributed by atoms with E-state index < -0.39 is 0 Å². The highest BCUT2D eigenvalue weighted by Gasteiger charge is 2.11. The molecule has 2 N–H and O–H groups in total. The van der Waals surface area contributed by atoms with Gasteiger partial charge in [0.25, 0.3) is 0 Å². The molecule has 0 fully saturated rings. The van der Waals surface area contributed by atoms with Crippen LogP contribution < -0.4 is 20.2 Å². The summed E-state index contributed by atoms with van der Waals surface area (Å²) in [4.78, 5) is 15.7. The van der Waals surface area contributed by atoms with Gasteiger partial charge in [-0.05, 0) is 43.7 Å². The van der Waals surface area contributed by atoms with Crippen molar-refractivity contribution in [2.75, 3.05) is 24.0 Å². The average Bonchev–Trinajstić information content (AvgIpc) is 3.20. The molecule has 31 heavy (non-hydrogen) atoms. The summed E-state index contributed by atoms with van der Waals surface area (Å²) in [5.41, 5.74) is 6.22. The molecule has 1 heterocycles. The number of thiazole rings is 1. The predicted octanol–water partition coefficient (Wildman–Crippen LogP) is 5.67. The van der Waals surface area contributed by atoms with E-state index in [9.17, 15) is 4.79 Å². The van der Waals surface area contributed by atoms with Crippen molar-refractivity contribution >= 4 is 45.9 Å². The van der Waals surface area contributed by atoms with Crippen LogP contribution in [-0.4, -0.2) is 30.3 Å². The number of hydrogen-bond donors (Lipinski definition) is 2. The second kappa shape index (κ2) is 10.8. The number of rotatable bonds is 9. The highest BCUT2D eigenvalue weighted by Crippen LogP contribution is 2.36. The summed E-state index contributed by atoms with van der Waals surface area (Å²) in [6, 6.07) is 11.1. The third-order valence-corrected chi connectivity index (χ3v) is 5.03. The van der Waals surface area contributed by atoms with Crippen LogP contribution in [0.1, 0.15) is 26.3 Å². The molecule has 0 aliphatic carbocycles. The lowest BCUT2D eigenvalue weighted by molar-refractivity contribution is -0.114. The minimum Gasteiger partial charge on any atom is -0.490 e. The van der Waals surface area contributed by atoms with E-state index in [-0.39, 0.29) is 5.91 Å². The van der Waals surface area contributed by atoms with Gasteiger partial charge in [-0.15, -0.1) is 11.3 Å². The molecule has 162 valence electrons. The van der Waals surface area contributed by atoms with Crippen molar-refractivity contribution in [3.05, 3.63) is 52.4 Å². The zero-order valence-electron chi connectivity index (χ0n) is 17.4. The lowest BCUT2D eigenvalue weighted by atomic mass is 10.1. The molecule has 0 aliphatic heterocycles. The van der Waals surface area contributed by atoms with E-state index in [2.05, 4.69) is 20.8 Å². The minimum atomic E-state index is -0.104. The molecular formula is C22H23ClN4O3S. The molecule has 0 unspecified atom stereocenters. The molecule has 0 saturated carbocycles. The Bertz CT molecular complexity index is 1070. The van der Waals surface area contributed by atoms with E-state index in [1.165, 1.54) is 18.3 Å². The molecule has 3 rings (SSSR count). The molecule has 1 aromatic heterocycles. The van der Waals surface area contributed by atoms with Gasteiger partial charge in [0, 0.05) is 23.6 Å². The van der Waals surface area contributed by atoms with E-state index >= 15 is 0 Å². The molecular weight excluding hydrogens is 436 g/mol. The molecule has 0 aliphatic rings. The number of amides is 1. The van der Waals surface area contributed by atoms with Gasteiger partial charge in [-0.25, -0.2) is 4.98 Å². The number of benzene rings is 2. The molecule has 0 bridgehead atoms. The normalized spacial score (nSPS) is 10.8. The lowest BCUT2D eigenvalue weighted by Crippen LogP contribution is -2.05. The minimum absolute atomic E-state index is 0.104. The quantitative estimate of drug-likeness (QED) is 0.319. The molecule has 2 aromatic carbocycles. The zero-order chi connectivity index (χ0) is 22.2. The highest BCUT2D eigenvalue weighted by molar-refractivity contribution is 7.14. The first-order valence-corrected chi connectivity index (χ1v) is 11.0. The standard InChI is InChI=1S/C22H23ClN4O3S/c1-4-29-20-11-15(10-18(23)21(20)30-5-2)12-24-27-22-26-19(13-31-22)16-6-8-17(9-7-16)25-14(3)28/h6-13H,4-5H2,1-3H3,(H,25,28)(H,26,27)/b24-12-. The Labute approximate surface area is 190 Å². The van der Waals surface area contributed by atoms with Crippen LogP contribution in [0.3, 0.4) is 0 Å². The van der Waals surface area contributed by atoms with Crippen LogP contribution in [0.15, 0.2) is 46.9 Å². The van der Waals surface area contributed by atoms with E-state index in [1.807, 2.05) is 49.6 Å². The van der Waals surface area contributed by atoms with Gasteiger partial charge < -0.3 is 14.8 Å². The Kier molecular flexibility index (Phi) is 7.86. The number of nitrogens with zero attached hydrogens (tertiary/aromatic N) is 2. The topological polar surface area (TPSA) is 84.8 Å². The van der Waals surface area contributed by atoms with Gasteiger partial charge >= 0.3 is 0 Å². The van der Waals surface area contributed by atoms with Crippen LogP contribution in [0.5, 0.6) is 11.5 Å². The van der Waals surface area contributed by atoms with Gasteiger partial charge in [-0.3, -0.25) is 10.2 Å². The monoisotopic (exact) mass is 458 g/mol. The van der Waals surface area contributed by atoms with Crippen molar-refractivity contribution < 1.29 is 14.3 Å². The maximum absolute atomic E-state index is 11.1. The van der Waals surface area contributed by atoms with Crippen LogP contribution in [0.25, 0.3) is 11.3 Å². The summed E-state index contributed by atoms with van der Waals surface area (Å²) < 4.78 is 11.2. The highest BCUT2D eigenvalue weighted by atomic mass is 35.5. The van der Waals surface area contributed by atoms with Crippen molar-refractivity contribution in [3.8, 4) is 22.8 Å². The van der Waals surface area contributed by atoms with Crippen LogP contribution in [0.2, 0.25) is 5.02 Å². The summed E-state index contributed by atoms with van der Waals surface area (Å²) in [7, 11) is 0. The summed E-state index contributed by atoms with van der Waals surface area (Å²) in [5, 5.41) is 10.1. The number of carbonyl (C=O) groups is 1. The van der Waals surface area contributed by atoms with E-state index in [1.54, 1.807) is 12.3 Å². The maximum atomic E-state index is 11.1. The second-order valence-electron chi connectivity index (χ2n) is 6.36. The first-order chi connectivity index (χ1) is 15.0. The molecule has 0 saturated heterocycles. The lowest BCUT2D eigenvalue weighted by Gasteiger charge is -2.13. The summed E-state index contributed by atoms with van der Waals surface area (Å²) in [6.45, 7) is 6.27. The Morgan fingerprint density at radius 1 is 1.19 bits per heavy atom. The fourth-order valence-electron chi connectivity index (χ4n) is 2.76. The van der Waals surface area contributed by atoms with Crippen molar-refractivity contribution in [2.24, 2.45) is 5.10 Å². The van der Waals surface area contributed by atoms with E-state index in [4.69, 9.17) is 21.1 Å². The Morgan fingerprint density at radius 2 is 1.94 bits per heavy atom. The SMILES string of the molecule is CCOc1cc(/C=N\Nc2nc(-c3ccc(NC(C)=O)cc3)cs2)cc(Cl)c1OCC. The van der Waals surface area contributed by atoms with Crippen LogP contribution in [-0.2, 0) is 4.79 Å². The molecule has 0 radical (unpaired) electrons. The van der Waals surface area contributed by atoms with Crippen LogP contribution in [0.4, 0.5) is 10.8 Å². The van der Waals surface area contributed by atoms with Crippen molar-refractivity contribution in [1.29, 1.82) is 0 Å². The number of halogens is 1. The molecule has 1 amide bonds. The number of carbonyl (C=O) groups excluding carboxylic acids is 1. The van der Waals surface area contributed by atoms with Gasteiger partial charge in [-0.1, -0.05) is 23.7 Å². The number of hydrogen-bond acceptors (Lipinski definition) is 7. The zero-order valence-corrected chi connectivity index (χ0v) is 19.0. The second-order valence-corrected chi connectivity index (χ2v) is 7.63. The van der Waals surface area contributed by atoms with E-state index in [0.29, 0.717) is 34.9 Å². The molecule has 0 atom stereocenters. The molecule has 3 aromatic rings. The molecule has 0 spiro atoms. The van der Waals surface area contributed by atoms with Crippen molar-refractivity contribution in [1.82, 2.24) is 4.98 Å². The smallest absolute Gasteiger partial charge is 0.221 e. The number of nitrogens with one attached hydrogen (secondary N) is 2. The maximum Gasteiger partial charge on any atom is 0.221 e. The number of ether oxygens (including phenoxy) is 2. The fourth-order valence-corrected chi connectivity index (χ4v) is 3.70. The number of anilines is 2. The van der Waals surface area contributed by atoms with Gasteiger partial charge in [0.1, 0.15) is 0 Å². The van der Waals surface area contributed by atoms with Crippen LogP contribution >= 0.6 is 22.9 Å². The Hall–Kier alpha value is -3.10. The predicted molar refractivity (Wildman–Crippen MR) is 127 cm³/mol. The summed E-state index contributed by atoms with van der Waals surface area (Å²) in [5.74, 6) is 1.01. The third kappa shape index (κ3) is 6.19. The van der Waals surface area contributed by atoms with Gasteiger partial charge in [0.2, 0.25) is 11.0 Å². The van der Waals surface area contributed by atoms with Crippen molar-refractivity contribution in [3.63, 3.8) is 0 Å². The van der Waals surface area contributed by atoms with E-state index in [0.717, 1.165) is 22.5 Å². The first kappa shape index (κ1) is 22.6. The molecule has 9 heteroatoms. The van der Waals surface area contributed by atoms with Gasteiger partial charge in [0.05, 0.1) is 30.1 Å². The number of hydrazone groups is 1. The largest absolute Gasteiger partial charge is 0.490 e. The van der Waals surface area contributed by atoms with Gasteiger partial charge in [-0.2, -0.15) is 5.10 Å². The first-order valence-electron chi connectivity index (χ1n) is 9.72. The Balaban J connectivity index is 1.68. The summed E-state index contributed by atoms with van der Waals surface area (Å²) in [6.07, 6.45) is 1.65. The van der Waals surface area contributed by atoms with Gasteiger partial charge in [0.15, 0.2) is 11.5 Å². The molecule has 7 nitrogen and oxygen atoms in total. The van der Waals surface area contributed by atoms with Crippen LogP contribution in [0, 0.1) is 0 Å².